The molecule has 1 aromatic heterocycles. The number of aryl methyl sites for hydroxylation is 2. The molecule has 1 saturated heterocycles. The first-order chi connectivity index (χ1) is 21.0. The van der Waals surface area contributed by atoms with Crippen molar-refractivity contribution in [1.82, 2.24) is 15.1 Å². The number of hydrogen-bond acceptors (Lipinski definition) is 6. The van der Waals surface area contributed by atoms with E-state index < -0.39 is 10.8 Å². The minimum Gasteiger partial charge on any atom is -0.489 e. The number of aliphatic imine (C=N–C) groups is 1. The molecule has 3 N–H and O–H groups in total. The summed E-state index contributed by atoms with van der Waals surface area (Å²) in [6, 6.07) is 12.1. The lowest BCUT2D eigenvalue weighted by atomic mass is 9.86. The molecule has 1 unspecified atom stereocenters. The third-order valence-corrected chi connectivity index (χ3v) is 9.59. The number of amidine groups is 1. The van der Waals surface area contributed by atoms with Crippen LogP contribution in [0.3, 0.4) is 0 Å². The number of anilines is 2. The maximum atomic E-state index is 13.2. The second-order valence-corrected chi connectivity index (χ2v) is 14.3. The summed E-state index contributed by atoms with van der Waals surface area (Å²) in [4.78, 5) is 8.33. The number of likely N-dealkylation sites (tertiary alicyclic amines) is 1. The molecule has 3 aromatic rings. The Kier molecular flexibility index (Phi) is 11.4. The molecule has 1 aliphatic rings. The number of aromatic nitrogens is 2. The van der Waals surface area contributed by atoms with E-state index in [9.17, 15) is 4.21 Å². The standard InChI is InChI=1S/C35H50N6O2S/c1-10-13-33(36-30-20-24(6)28(21-31(30)43-22(2)3)27-16-18-41(9)19-17-27)38-35(34-25(7)39-40-26(34)8)37-29-14-11-12-15-32(29)44(42)23(4)5/h11-12,14-15,20-23,27,37,39H,7,10,13,16-19H2,1-6,8-9H3,(H,36,38)/b35-34+. The quantitative estimate of drug-likeness (QED) is 0.179. The van der Waals surface area contributed by atoms with Crippen molar-refractivity contribution in [1.29, 1.82) is 0 Å². The van der Waals surface area contributed by atoms with E-state index in [-0.39, 0.29) is 11.4 Å². The van der Waals surface area contributed by atoms with Crippen LogP contribution in [0.2, 0.25) is 0 Å². The minimum absolute atomic E-state index is 0.0265. The second kappa shape index (κ2) is 15.0. The Bertz CT molecular complexity index is 1600. The van der Waals surface area contributed by atoms with E-state index in [4.69, 9.17) is 9.73 Å². The third-order valence-electron chi connectivity index (χ3n) is 7.95. The van der Waals surface area contributed by atoms with E-state index in [0.29, 0.717) is 23.5 Å². The van der Waals surface area contributed by atoms with Crippen LogP contribution in [-0.2, 0) is 10.8 Å². The Labute approximate surface area is 265 Å². The summed E-state index contributed by atoms with van der Waals surface area (Å²) in [7, 11) is 1.01. The van der Waals surface area contributed by atoms with Crippen molar-refractivity contribution >= 4 is 40.4 Å². The van der Waals surface area contributed by atoms with Crippen LogP contribution in [0.25, 0.3) is 12.4 Å². The van der Waals surface area contributed by atoms with Crippen molar-refractivity contribution in [3.8, 4) is 5.75 Å². The fourth-order valence-electron chi connectivity index (χ4n) is 5.65. The first-order valence-corrected chi connectivity index (χ1v) is 17.0. The number of ether oxygens (including phenoxy) is 1. The van der Waals surface area contributed by atoms with E-state index in [1.54, 1.807) is 0 Å². The SMILES string of the molecule is C=c1[nH]nc(C)/c1=C(/N=C(\CCC)Nc1cc(C)c(C2CCN(C)CC2)cc1OC(C)C)Nc1ccccc1S(=O)C(C)C. The molecule has 0 radical (unpaired) electrons. The molecule has 1 fully saturated rings. The Balaban J connectivity index is 1.80. The maximum absolute atomic E-state index is 13.2. The highest BCUT2D eigenvalue weighted by Crippen LogP contribution is 2.37. The molecule has 2 heterocycles. The van der Waals surface area contributed by atoms with Gasteiger partial charge in [-0.3, -0.25) is 9.31 Å². The average molecular weight is 619 g/mol. The van der Waals surface area contributed by atoms with Crippen LogP contribution < -0.4 is 25.9 Å². The van der Waals surface area contributed by atoms with E-state index in [1.807, 2.05) is 45.0 Å². The summed E-state index contributed by atoms with van der Waals surface area (Å²) in [5.74, 6) is 2.75. The van der Waals surface area contributed by atoms with Gasteiger partial charge in [0.05, 0.1) is 49.4 Å². The Hall–Kier alpha value is -3.43. The van der Waals surface area contributed by atoms with Gasteiger partial charge in [-0.1, -0.05) is 39.5 Å². The van der Waals surface area contributed by atoms with Crippen molar-refractivity contribution in [2.24, 2.45) is 4.99 Å². The van der Waals surface area contributed by atoms with Crippen LogP contribution >= 0.6 is 0 Å². The number of H-pyrrole nitrogens is 1. The first-order valence-electron chi connectivity index (χ1n) is 15.8. The first kappa shape index (κ1) is 33.5. The van der Waals surface area contributed by atoms with Crippen molar-refractivity contribution in [3.63, 3.8) is 0 Å². The molecule has 4 rings (SSSR count). The normalized spacial score (nSPS) is 16.4. The van der Waals surface area contributed by atoms with Gasteiger partial charge in [0.15, 0.2) is 0 Å². The lowest BCUT2D eigenvalue weighted by molar-refractivity contribution is 0.241. The molecular weight excluding hydrogens is 568 g/mol. The monoisotopic (exact) mass is 618 g/mol. The number of nitrogens with zero attached hydrogens (tertiary/aromatic N) is 3. The van der Waals surface area contributed by atoms with Gasteiger partial charge in [0.25, 0.3) is 0 Å². The van der Waals surface area contributed by atoms with Gasteiger partial charge < -0.3 is 20.3 Å². The number of benzene rings is 2. The van der Waals surface area contributed by atoms with Gasteiger partial charge >= 0.3 is 0 Å². The van der Waals surface area contributed by atoms with Crippen molar-refractivity contribution in [3.05, 3.63) is 63.8 Å². The summed E-state index contributed by atoms with van der Waals surface area (Å²) in [5.41, 5.74) is 5.05. The van der Waals surface area contributed by atoms with E-state index in [1.165, 1.54) is 11.1 Å². The van der Waals surface area contributed by atoms with Gasteiger partial charge in [0.2, 0.25) is 0 Å². The van der Waals surface area contributed by atoms with E-state index in [0.717, 1.165) is 71.1 Å². The molecule has 0 saturated carbocycles. The fourth-order valence-corrected chi connectivity index (χ4v) is 6.71. The zero-order chi connectivity index (χ0) is 32.0. The topological polar surface area (TPSA) is 94.6 Å². The molecule has 2 aromatic carbocycles. The summed E-state index contributed by atoms with van der Waals surface area (Å²) >= 11 is 0. The highest BCUT2D eigenvalue weighted by molar-refractivity contribution is 7.85. The van der Waals surface area contributed by atoms with Gasteiger partial charge in [0, 0.05) is 11.7 Å². The van der Waals surface area contributed by atoms with Gasteiger partial charge in [-0.15, -0.1) is 0 Å². The number of para-hydroxylation sites is 1. The number of rotatable bonds is 11. The molecule has 0 bridgehead atoms. The lowest BCUT2D eigenvalue weighted by Gasteiger charge is -2.31. The summed E-state index contributed by atoms with van der Waals surface area (Å²) in [5, 5.41) is 16.0. The molecule has 1 atom stereocenters. The number of nitrogens with one attached hydrogen (secondary N) is 3. The lowest BCUT2D eigenvalue weighted by Crippen LogP contribution is -2.29. The average Bonchev–Trinajstić information content (AvgIpc) is 3.31. The van der Waals surface area contributed by atoms with Crippen LogP contribution in [0.1, 0.15) is 83.0 Å². The predicted molar refractivity (Wildman–Crippen MR) is 185 cm³/mol. The van der Waals surface area contributed by atoms with Crippen LogP contribution in [0.4, 0.5) is 11.4 Å². The molecular formula is C35H50N6O2S. The summed E-state index contributed by atoms with van der Waals surface area (Å²) < 4.78 is 19.6. The van der Waals surface area contributed by atoms with Crippen LogP contribution in [-0.4, -0.2) is 56.6 Å². The molecule has 8 nitrogen and oxygen atoms in total. The largest absolute Gasteiger partial charge is 0.489 e. The number of hydrogen-bond donors (Lipinski definition) is 3. The van der Waals surface area contributed by atoms with Crippen LogP contribution in [0.15, 0.2) is 46.3 Å². The van der Waals surface area contributed by atoms with E-state index >= 15 is 0 Å². The molecule has 44 heavy (non-hydrogen) atoms. The molecule has 0 amide bonds. The van der Waals surface area contributed by atoms with Crippen molar-refractivity contribution in [2.45, 2.75) is 96.3 Å². The van der Waals surface area contributed by atoms with Gasteiger partial charge in [0.1, 0.15) is 17.4 Å². The fraction of sp³-hybridized carbons (Fsp3) is 0.486. The van der Waals surface area contributed by atoms with Crippen molar-refractivity contribution in [2.75, 3.05) is 30.8 Å². The van der Waals surface area contributed by atoms with Gasteiger partial charge in [-0.25, -0.2) is 4.99 Å². The number of aromatic amines is 1. The highest BCUT2D eigenvalue weighted by atomic mass is 32.2. The molecule has 238 valence electrons. The van der Waals surface area contributed by atoms with Gasteiger partial charge in [-0.05, 0) is 108 Å². The highest BCUT2D eigenvalue weighted by Gasteiger charge is 2.23. The van der Waals surface area contributed by atoms with E-state index in [2.05, 4.69) is 79.2 Å². The smallest absolute Gasteiger partial charge is 0.143 e. The molecule has 0 spiro atoms. The van der Waals surface area contributed by atoms with Crippen LogP contribution in [0, 0.1) is 13.8 Å². The molecule has 1 aliphatic heterocycles. The number of piperidine rings is 1. The summed E-state index contributed by atoms with van der Waals surface area (Å²) in [6.45, 7) is 20.7. The predicted octanol–water partition coefficient (Wildman–Crippen LogP) is 6.04. The maximum Gasteiger partial charge on any atom is 0.143 e. The molecule has 9 heteroatoms. The Morgan fingerprint density at radius 2 is 1.84 bits per heavy atom. The Morgan fingerprint density at radius 3 is 2.45 bits per heavy atom. The van der Waals surface area contributed by atoms with Crippen molar-refractivity contribution < 1.29 is 8.95 Å². The van der Waals surface area contributed by atoms with Crippen LogP contribution in [0.5, 0.6) is 5.75 Å². The zero-order valence-electron chi connectivity index (χ0n) is 27.7. The van der Waals surface area contributed by atoms with Gasteiger partial charge in [-0.2, -0.15) is 5.10 Å². The Morgan fingerprint density at radius 1 is 1.14 bits per heavy atom. The minimum atomic E-state index is -1.18. The summed E-state index contributed by atoms with van der Waals surface area (Å²) in [6.07, 6.45) is 3.93. The zero-order valence-corrected chi connectivity index (χ0v) is 28.5. The molecule has 0 aliphatic carbocycles. The third kappa shape index (κ3) is 8.18. The second-order valence-electron chi connectivity index (χ2n) is 12.4.